The molecule has 0 aliphatic heterocycles. The third-order valence-corrected chi connectivity index (χ3v) is 6.46. The van der Waals surface area contributed by atoms with E-state index < -0.39 is 5.97 Å². The molecule has 0 radical (unpaired) electrons. The summed E-state index contributed by atoms with van der Waals surface area (Å²) in [7, 11) is 0. The van der Waals surface area contributed by atoms with Crippen LogP contribution in [0.3, 0.4) is 0 Å². The first-order valence-electron chi connectivity index (χ1n) is 9.55. The number of aromatic nitrogens is 3. The fraction of sp³-hybridized carbons (Fsp3) is 0.333. The van der Waals surface area contributed by atoms with Crippen molar-refractivity contribution in [3.8, 4) is 0 Å². The van der Waals surface area contributed by atoms with E-state index in [-0.39, 0.29) is 29.5 Å². The summed E-state index contributed by atoms with van der Waals surface area (Å²) < 4.78 is 7.09. The molecule has 3 aromatic rings. The number of thiophene rings is 1. The molecule has 0 aliphatic carbocycles. The van der Waals surface area contributed by atoms with Crippen LogP contribution in [0.25, 0.3) is 0 Å². The van der Waals surface area contributed by atoms with Crippen molar-refractivity contribution in [2.75, 3.05) is 18.1 Å². The van der Waals surface area contributed by atoms with Crippen LogP contribution in [0.15, 0.2) is 34.9 Å². The van der Waals surface area contributed by atoms with Crippen molar-refractivity contribution in [3.63, 3.8) is 0 Å². The molecule has 0 fully saturated rings. The number of thioether (sulfide) groups is 1. The average Bonchev–Trinajstić information content (AvgIpc) is 3.33. The van der Waals surface area contributed by atoms with Gasteiger partial charge in [0.25, 0.3) is 0 Å². The van der Waals surface area contributed by atoms with Crippen molar-refractivity contribution in [3.05, 3.63) is 57.2 Å². The number of nitrogens with two attached hydrogens (primary N) is 1. The predicted molar refractivity (Wildman–Crippen MR) is 119 cm³/mol. The van der Waals surface area contributed by atoms with Crippen LogP contribution in [0.1, 0.15) is 43.9 Å². The van der Waals surface area contributed by atoms with Crippen LogP contribution in [0.2, 0.25) is 0 Å². The van der Waals surface area contributed by atoms with Gasteiger partial charge in [0.1, 0.15) is 11.4 Å². The van der Waals surface area contributed by atoms with Gasteiger partial charge in [-0.15, -0.1) is 11.3 Å². The number of Topliss-reactive ketones (excluding diaryl/α,β-unsaturated/α-hetero) is 1. The summed E-state index contributed by atoms with van der Waals surface area (Å²) in [6.45, 7) is 6.79. The third kappa shape index (κ3) is 5.09. The van der Waals surface area contributed by atoms with Crippen molar-refractivity contribution in [2.24, 2.45) is 0 Å². The van der Waals surface area contributed by atoms with Crippen LogP contribution < -0.4 is 5.73 Å². The number of aryl methyl sites for hydroxylation is 2. The first-order chi connectivity index (χ1) is 14.4. The maximum absolute atomic E-state index is 12.8. The zero-order chi connectivity index (χ0) is 21.7. The maximum Gasteiger partial charge on any atom is 0.343 e. The van der Waals surface area contributed by atoms with E-state index in [0.29, 0.717) is 10.7 Å². The molecular weight excluding hydrogens is 420 g/mol. The number of carbonyl (C=O) groups excluding carboxylic acids is 2. The van der Waals surface area contributed by atoms with Crippen molar-refractivity contribution in [1.29, 1.82) is 0 Å². The normalized spacial score (nSPS) is 10.9. The molecule has 0 aliphatic rings. The van der Waals surface area contributed by atoms with Gasteiger partial charge in [0.05, 0.1) is 12.4 Å². The Hall–Kier alpha value is -2.65. The van der Waals surface area contributed by atoms with E-state index in [4.69, 9.17) is 10.5 Å². The lowest BCUT2D eigenvalue weighted by Gasteiger charge is -2.09. The van der Waals surface area contributed by atoms with Gasteiger partial charge in [0.15, 0.2) is 10.9 Å². The molecule has 2 N–H and O–H groups in total. The number of ketones is 1. The van der Waals surface area contributed by atoms with Gasteiger partial charge in [0, 0.05) is 34.6 Å². The van der Waals surface area contributed by atoms with Crippen LogP contribution in [0.4, 0.5) is 5.82 Å². The highest BCUT2D eigenvalue weighted by Gasteiger charge is 2.18. The molecule has 0 saturated heterocycles. The van der Waals surface area contributed by atoms with Gasteiger partial charge in [-0.2, -0.15) is 0 Å². The Labute approximate surface area is 183 Å². The zero-order valence-corrected chi connectivity index (χ0v) is 18.8. The molecule has 30 heavy (non-hydrogen) atoms. The number of nitrogens with zero attached hydrogens (tertiary/aromatic N) is 3. The standard InChI is InChI=1S/C21H24N4O3S2/c1-4-28-20(27)17-11-23-21(24-19(17)22)30-12-18(26)16-10-13(2)25(14(16)3)8-7-15-6-5-9-29-15/h5-6,9-11H,4,7-8,12H2,1-3H3,(H2,22,23,24). The summed E-state index contributed by atoms with van der Waals surface area (Å²) in [6, 6.07) is 6.11. The number of ether oxygens (including phenoxy) is 1. The van der Waals surface area contributed by atoms with Crippen LogP contribution in [-0.4, -0.2) is 38.6 Å². The minimum absolute atomic E-state index is 0.00659. The highest BCUT2D eigenvalue weighted by molar-refractivity contribution is 7.99. The summed E-state index contributed by atoms with van der Waals surface area (Å²) in [5.41, 5.74) is 8.71. The molecule has 3 rings (SSSR count). The van der Waals surface area contributed by atoms with E-state index in [0.717, 1.165) is 24.4 Å². The lowest BCUT2D eigenvalue weighted by atomic mass is 10.2. The van der Waals surface area contributed by atoms with Crippen molar-refractivity contribution < 1.29 is 14.3 Å². The number of rotatable bonds is 9. The molecule has 3 aromatic heterocycles. The van der Waals surface area contributed by atoms with Crippen LogP contribution in [-0.2, 0) is 17.7 Å². The molecule has 0 saturated carbocycles. The number of hydrogen-bond acceptors (Lipinski definition) is 8. The Bertz CT molecular complexity index is 1040. The lowest BCUT2D eigenvalue weighted by Crippen LogP contribution is -2.11. The Morgan fingerprint density at radius 1 is 1.30 bits per heavy atom. The number of esters is 1. The van der Waals surface area contributed by atoms with E-state index >= 15 is 0 Å². The van der Waals surface area contributed by atoms with Gasteiger partial charge in [-0.3, -0.25) is 4.79 Å². The van der Waals surface area contributed by atoms with Gasteiger partial charge in [-0.05, 0) is 44.7 Å². The second-order valence-corrected chi connectivity index (χ2v) is 8.62. The lowest BCUT2D eigenvalue weighted by molar-refractivity contribution is 0.0526. The highest BCUT2D eigenvalue weighted by atomic mass is 32.2. The minimum Gasteiger partial charge on any atom is -0.462 e. The second-order valence-electron chi connectivity index (χ2n) is 6.65. The Kier molecular flexibility index (Phi) is 7.28. The molecule has 0 atom stereocenters. The molecule has 0 bridgehead atoms. The van der Waals surface area contributed by atoms with Crippen LogP contribution in [0.5, 0.6) is 0 Å². The van der Waals surface area contributed by atoms with Gasteiger partial charge in [-0.1, -0.05) is 17.8 Å². The van der Waals surface area contributed by atoms with Crippen LogP contribution in [0, 0.1) is 13.8 Å². The topological polar surface area (TPSA) is 100 Å². The highest BCUT2D eigenvalue weighted by Crippen LogP contribution is 2.22. The first-order valence-corrected chi connectivity index (χ1v) is 11.4. The molecule has 0 spiro atoms. The summed E-state index contributed by atoms with van der Waals surface area (Å²) in [5.74, 6) is -0.317. The molecule has 7 nitrogen and oxygen atoms in total. The summed E-state index contributed by atoms with van der Waals surface area (Å²) in [4.78, 5) is 34.1. The van der Waals surface area contributed by atoms with Crippen molar-refractivity contribution in [2.45, 2.75) is 38.9 Å². The molecule has 0 aromatic carbocycles. The molecule has 0 amide bonds. The molecule has 0 unspecified atom stereocenters. The van der Waals surface area contributed by atoms with Gasteiger partial charge >= 0.3 is 5.97 Å². The van der Waals surface area contributed by atoms with E-state index in [1.54, 1.807) is 18.3 Å². The summed E-state index contributed by atoms with van der Waals surface area (Å²) in [6.07, 6.45) is 2.28. The monoisotopic (exact) mass is 444 g/mol. The first kappa shape index (κ1) is 22.0. The zero-order valence-electron chi connectivity index (χ0n) is 17.2. The Balaban J connectivity index is 1.64. The molecule has 158 valence electrons. The fourth-order valence-corrected chi connectivity index (χ4v) is 4.53. The second kappa shape index (κ2) is 9.90. The smallest absolute Gasteiger partial charge is 0.343 e. The number of hydrogen-bond donors (Lipinski definition) is 1. The fourth-order valence-electron chi connectivity index (χ4n) is 3.13. The van der Waals surface area contributed by atoms with E-state index in [1.165, 1.54) is 22.8 Å². The minimum atomic E-state index is -0.558. The Morgan fingerprint density at radius 2 is 2.10 bits per heavy atom. The van der Waals surface area contributed by atoms with Gasteiger partial charge < -0.3 is 15.0 Å². The largest absolute Gasteiger partial charge is 0.462 e. The summed E-state index contributed by atoms with van der Waals surface area (Å²) in [5, 5.41) is 2.42. The van der Waals surface area contributed by atoms with Gasteiger partial charge in [-0.25, -0.2) is 14.8 Å². The molecule has 9 heteroatoms. The number of carbonyl (C=O) groups is 2. The number of anilines is 1. The number of nitrogen functional groups attached to an aromatic ring is 1. The SMILES string of the molecule is CCOC(=O)c1cnc(SCC(=O)c2cc(C)n(CCc3cccs3)c2C)nc1N. The van der Waals surface area contributed by atoms with Crippen molar-refractivity contribution >= 4 is 40.7 Å². The van der Waals surface area contributed by atoms with E-state index in [1.807, 2.05) is 19.9 Å². The maximum atomic E-state index is 12.8. The van der Waals surface area contributed by atoms with Gasteiger partial charge in [0.2, 0.25) is 0 Å². The molecule has 3 heterocycles. The Morgan fingerprint density at radius 3 is 2.77 bits per heavy atom. The third-order valence-electron chi connectivity index (χ3n) is 4.66. The van der Waals surface area contributed by atoms with Crippen molar-refractivity contribution in [1.82, 2.24) is 14.5 Å². The average molecular weight is 445 g/mol. The predicted octanol–water partition coefficient (Wildman–Crippen LogP) is 3.93. The van der Waals surface area contributed by atoms with Crippen LogP contribution >= 0.6 is 23.1 Å². The van der Waals surface area contributed by atoms with E-state index in [2.05, 4.69) is 32.0 Å². The molecular formula is C21H24N4O3S2. The quantitative estimate of drug-likeness (QED) is 0.231. The summed E-state index contributed by atoms with van der Waals surface area (Å²) >= 11 is 2.94. The van der Waals surface area contributed by atoms with E-state index in [9.17, 15) is 9.59 Å².